The van der Waals surface area contributed by atoms with Gasteiger partial charge in [0, 0.05) is 0 Å². The van der Waals surface area contributed by atoms with Crippen LogP contribution in [-0.4, -0.2) is 6.61 Å². The Morgan fingerprint density at radius 1 is 0.875 bits per heavy atom. The lowest BCUT2D eigenvalue weighted by Crippen LogP contribution is -2.22. The van der Waals surface area contributed by atoms with Crippen molar-refractivity contribution in [2.45, 2.75) is 76.7 Å². The van der Waals surface area contributed by atoms with Crippen molar-refractivity contribution < 1.29 is 26.7 Å². The predicted molar refractivity (Wildman–Crippen MR) is 115 cm³/mol. The highest BCUT2D eigenvalue weighted by Crippen LogP contribution is 2.39. The Hall–Kier alpha value is -1.95. The fourth-order valence-corrected chi connectivity index (χ4v) is 4.56. The van der Waals surface area contributed by atoms with E-state index in [1.165, 1.54) is 37.8 Å². The molecule has 1 fully saturated rings. The van der Waals surface area contributed by atoms with Gasteiger partial charge in [-0.3, -0.25) is 0 Å². The maximum absolute atomic E-state index is 14.6. The molecule has 32 heavy (non-hydrogen) atoms. The van der Waals surface area contributed by atoms with Crippen molar-refractivity contribution in [2.75, 3.05) is 6.61 Å². The molecule has 0 unspecified atom stereocenters. The first kappa shape index (κ1) is 24.7. The molecule has 6 heteroatoms. The third-order valence-electron chi connectivity index (χ3n) is 6.50. The molecule has 0 bridgehead atoms. The quantitative estimate of drug-likeness (QED) is 0.259. The number of benzene rings is 2. The van der Waals surface area contributed by atoms with Gasteiger partial charge >= 0.3 is 6.11 Å². The Kier molecular flexibility index (Phi) is 8.69. The number of halogens is 5. The molecule has 1 aliphatic carbocycles. The van der Waals surface area contributed by atoms with Crippen molar-refractivity contribution in [1.29, 1.82) is 0 Å². The van der Waals surface area contributed by atoms with Crippen LogP contribution in [0.4, 0.5) is 22.0 Å². The first-order chi connectivity index (χ1) is 15.3. The van der Waals surface area contributed by atoms with Gasteiger partial charge in [0.15, 0.2) is 11.6 Å². The lowest BCUT2D eigenvalue weighted by Gasteiger charge is -2.29. The van der Waals surface area contributed by atoms with Crippen LogP contribution >= 0.6 is 0 Å². The molecule has 0 atom stereocenters. The van der Waals surface area contributed by atoms with E-state index in [9.17, 15) is 22.0 Å². The molecule has 0 heterocycles. The van der Waals surface area contributed by atoms with Crippen molar-refractivity contribution >= 4 is 0 Å². The second-order valence-corrected chi connectivity index (χ2v) is 8.82. The standard InChI is InChI=1S/C26H31F5O/c1-2-3-4-5-18-6-9-20(10-7-18)21-11-12-22(24(28)17-21)26(30,31)32-15-14-19-8-13-23(27)25(29)16-19/h8,11-13,16-18,20H,2-7,9-10,14-15H2,1H3. The second kappa shape index (κ2) is 11.3. The molecule has 0 radical (unpaired) electrons. The van der Waals surface area contributed by atoms with Crippen LogP contribution in [0.3, 0.4) is 0 Å². The molecule has 1 aliphatic rings. The molecule has 0 aliphatic heterocycles. The zero-order valence-corrected chi connectivity index (χ0v) is 18.5. The van der Waals surface area contributed by atoms with Gasteiger partial charge in [-0.2, -0.15) is 8.78 Å². The molecule has 1 saturated carbocycles. The van der Waals surface area contributed by atoms with E-state index in [0.29, 0.717) is 11.5 Å². The molecule has 2 aromatic rings. The van der Waals surface area contributed by atoms with E-state index in [1.54, 1.807) is 6.07 Å². The van der Waals surface area contributed by atoms with Crippen LogP contribution < -0.4 is 0 Å². The van der Waals surface area contributed by atoms with Gasteiger partial charge < -0.3 is 4.74 Å². The normalized spacial score (nSPS) is 19.3. The van der Waals surface area contributed by atoms with E-state index >= 15 is 0 Å². The summed E-state index contributed by atoms with van der Waals surface area (Å²) in [5, 5.41) is 0. The van der Waals surface area contributed by atoms with Gasteiger partial charge in [-0.25, -0.2) is 13.2 Å². The summed E-state index contributed by atoms with van der Waals surface area (Å²) < 4.78 is 74.3. The van der Waals surface area contributed by atoms with Gasteiger partial charge in [-0.15, -0.1) is 0 Å². The maximum atomic E-state index is 14.6. The van der Waals surface area contributed by atoms with Crippen LogP contribution in [0.1, 0.15) is 80.9 Å². The Labute approximate surface area is 187 Å². The van der Waals surface area contributed by atoms with Gasteiger partial charge in [0.2, 0.25) is 0 Å². The highest BCUT2D eigenvalue weighted by molar-refractivity contribution is 5.29. The van der Waals surface area contributed by atoms with Gasteiger partial charge in [0.1, 0.15) is 5.82 Å². The molecular weight excluding hydrogens is 423 g/mol. The van der Waals surface area contributed by atoms with Crippen molar-refractivity contribution in [3.63, 3.8) is 0 Å². The Balaban J connectivity index is 1.54. The van der Waals surface area contributed by atoms with E-state index in [-0.39, 0.29) is 12.3 Å². The molecule has 0 aromatic heterocycles. The number of hydrogen-bond donors (Lipinski definition) is 0. The van der Waals surface area contributed by atoms with E-state index in [4.69, 9.17) is 0 Å². The number of ether oxygens (including phenoxy) is 1. The summed E-state index contributed by atoms with van der Waals surface area (Å²) in [5.74, 6) is -2.12. The molecule has 0 amide bonds. The van der Waals surface area contributed by atoms with E-state index < -0.39 is 35.7 Å². The summed E-state index contributed by atoms with van der Waals surface area (Å²) in [6.07, 6.45) is 5.20. The maximum Gasteiger partial charge on any atom is 0.386 e. The van der Waals surface area contributed by atoms with Gasteiger partial charge in [0.05, 0.1) is 12.2 Å². The van der Waals surface area contributed by atoms with E-state index in [1.807, 2.05) is 0 Å². The van der Waals surface area contributed by atoms with Crippen LogP contribution in [0, 0.1) is 23.4 Å². The van der Waals surface area contributed by atoms with Crippen LogP contribution in [0.2, 0.25) is 0 Å². The van der Waals surface area contributed by atoms with Gasteiger partial charge in [0.25, 0.3) is 0 Å². The molecule has 176 valence electrons. The van der Waals surface area contributed by atoms with Crippen molar-refractivity contribution in [3.8, 4) is 0 Å². The number of unbranched alkanes of at least 4 members (excludes halogenated alkanes) is 2. The minimum absolute atomic E-state index is 0.0476. The topological polar surface area (TPSA) is 9.23 Å². The SMILES string of the molecule is CCCCCC1CCC(c2ccc(C(F)(F)OCCc3ccc(F)c(F)c3)c(F)c2)CC1. The molecule has 1 nitrogen and oxygen atoms in total. The van der Waals surface area contributed by atoms with E-state index in [0.717, 1.165) is 49.4 Å². The smallest absolute Gasteiger partial charge is 0.316 e. The van der Waals surface area contributed by atoms with Crippen LogP contribution in [0.15, 0.2) is 36.4 Å². The van der Waals surface area contributed by atoms with E-state index in [2.05, 4.69) is 11.7 Å². The fraction of sp³-hybridized carbons (Fsp3) is 0.538. The first-order valence-electron chi connectivity index (χ1n) is 11.6. The molecule has 0 saturated heterocycles. The zero-order valence-electron chi connectivity index (χ0n) is 18.5. The lowest BCUT2D eigenvalue weighted by atomic mass is 9.77. The highest BCUT2D eigenvalue weighted by atomic mass is 19.3. The van der Waals surface area contributed by atoms with Gasteiger partial charge in [-0.05, 0) is 79.3 Å². The average molecular weight is 455 g/mol. The molecular formula is C26H31F5O. The Morgan fingerprint density at radius 3 is 2.28 bits per heavy atom. The molecule has 2 aromatic carbocycles. The van der Waals surface area contributed by atoms with Gasteiger partial charge in [-0.1, -0.05) is 44.7 Å². The molecule has 0 spiro atoms. The predicted octanol–water partition coefficient (Wildman–Crippen LogP) is 8.27. The summed E-state index contributed by atoms with van der Waals surface area (Å²) in [6, 6.07) is 7.06. The summed E-state index contributed by atoms with van der Waals surface area (Å²) in [7, 11) is 0. The number of alkyl halides is 2. The summed E-state index contributed by atoms with van der Waals surface area (Å²) in [6.45, 7) is 1.73. The first-order valence-corrected chi connectivity index (χ1v) is 11.6. The third-order valence-corrected chi connectivity index (χ3v) is 6.50. The number of rotatable bonds is 10. The molecule has 3 rings (SSSR count). The minimum Gasteiger partial charge on any atom is -0.316 e. The second-order valence-electron chi connectivity index (χ2n) is 8.82. The Bertz CT molecular complexity index is 875. The highest BCUT2D eigenvalue weighted by Gasteiger charge is 2.36. The largest absolute Gasteiger partial charge is 0.386 e. The summed E-state index contributed by atoms with van der Waals surface area (Å²) >= 11 is 0. The summed E-state index contributed by atoms with van der Waals surface area (Å²) in [4.78, 5) is 0. The summed E-state index contributed by atoms with van der Waals surface area (Å²) in [5.41, 5.74) is 0.274. The minimum atomic E-state index is -3.81. The van der Waals surface area contributed by atoms with Crippen molar-refractivity contribution in [1.82, 2.24) is 0 Å². The van der Waals surface area contributed by atoms with Crippen LogP contribution in [0.25, 0.3) is 0 Å². The zero-order chi connectivity index (χ0) is 23.1. The lowest BCUT2D eigenvalue weighted by molar-refractivity contribution is -0.249. The monoisotopic (exact) mass is 454 g/mol. The average Bonchev–Trinajstić information content (AvgIpc) is 2.76. The third kappa shape index (κ3) is 6.53. The Morgan fingerprint density at radius 2 is 1.62 bits per heavy atom. The van der Waals surface area contributed by atoms with Crippen LogP contribution in [-0.2, 0) is 17.3 Å². The fourth-order valence-electron chi connectivity index (χ4n) is 4.56. The number of hydrogen-bond acceptors (Lipinski definition) is 1. The van der Waals surface area contributed by atoms with Crippen LogP contribution in [0.5, 0.6) is 0 Å². The van der Waals surface area contributed by atoms with Crippen molar-refractivity contribution in [2.24, 2.45) is 5.92 Å². The molecule has 0 N–H and O–H groups in total. The van der Waals surface area contributed by atoms with Crippen molar-refractivity contribution in [3.05, 3.63) is 70.5 Å².